The third-order valence-electron chi connectivity index (χ3n) is 4.41. The summed E-state index contributed by atoms with van der Waals surface area (Å²) in [6.45, 7) is 2.43. The normalized spacial score (nSPS) is 16.9. The van der Waals surface area contributed by atoms with Crippen molar-refractivity contribution in [3.8, 4) is 0 Å². The van der Waals surface area contributed by atoms with E-state index in [1.807, 2.05) is 30.5 Å². The summed E-state index contributed by atoms with van der Waals surface area (Å²) in [5, 5.41) is 10.3. The fourth-order valence-electron chi connectivity index (χ4n) is 2.94. The lowest BCUT2D eigenvalue weighted by atomic mass is 10.1. The van der Waals surface area contributed by atoms with E-state index in [0.717, 1.165) is 4.90 Å². The van der Waals surface area contributed by atoms with Gasteiger partial charge in [0.15, 0.2) is 0 Å². The Morgan fingerprint density at radius 3 is 2.70 bits per heavy atom. The summed E-state index contributed by atoms with van der Waals surface area (Å²) in [4.78, 5) is 28.0. The molecule has 1 unspecified atom stereocenters. The van der Waals surface area contributed by atoms with Gasteiger partial charge in [-0.25, -0.2) is 0 Å². The van der Waals surface area contributed by atoms with Crippen LogP contribution in [0.4, 0.5) is 0 Å². The van der Waals surface area contributed by atoms with Crippen molar-refractivity contribution < 1.29 is 14.3 Å². The van der Waals surface area contributed by atoms with E-state index in [1.54, 1.807) is 33.9 Å². The molecular formula is C18H23N5O3S. The summed E-state index contributed by atoms with van der Waals surface area (Å²) in [5.74, 6) is -0.164. The molecule has 1 aromatic carbocycles. The first-order chi connectivity index (χ1) is 13.2. The molecule has 0 radical (unpaired) electrons. The van der Waals surface area contributed by atoms with Crippen LogP contribution in [0.2, 0.25) is 0 Å². The van der Waals surface area contributed by atoms with Gasteiger partial charge in [-0.2, -0.15) is 0 Å². The second-order valence-electron chi connectivity index (χ2n) is 6.21. The first-order valence-corrected chi connectivity index (χ1v) is 10.0. The smallest absolute Gasteiger partial charge is 0.254 e. The van der Waals surface area contributed by atoms with Crippen LogP contribution in [0.5, 0.6) is 0 Å². The van der Waals surface area contributed by atoms with Crippen LogP contribution in [0.25, 0.3) is 0 Å². The highest BCUT2D eigenvalue weighted by Crippen LogP contribution is 2.19. The number of benzene rings is 1. The highest BCUT2D eigenvalue weighted by molar-refractivity contribution is 7.98. The molecule has 1 atom stereocenters. The molecule has 1 fully saturated rings. The summed E-state index contributed by atoms with van der Waals surface area (Å²) in [5.41, 5.74) is 0.632. The maximum Gasteiger partial charge on any atom is 0.254 e. The van der Waals surface area contributed by atoms with Gasteiger partial charge < -0.3 is 19.5 Å². The lowest BCUT2D eigenvalue weighted by Crippen LogP contribution is -2.50. The summed E-state index contributed by atoms with van der Waals surface area (Å²) in [7, 11) is 0. The van der Waals surface area contributed by atoms with E-state index in [0.29, 0.717) is 38.4 Å². The first kappa shape index (κ1) is 19.4. The molecule has 2 heterocycles. The third-order valence-corrected chi connectivity index (χ3v) is 5.15. The number of nitrogens with one attached hydrogen (secondary N) is 1. The Labute approximate surface area is 162 Å². The number of amides is 2. The molecule has 2 amide bonds. The Hall–Kier alpha value is -2.39. The summed E-state index contributed by atoms with van der Waals surface area (Å²) in [6.07, 6.45) is 5.42. The topological polar surface area (TPSA) is 89.4 Å². The van der Waals surface area contributed by atoms with Crippen molar-refractivity contribution in [1.82, 2.24) is 25.0 Å². The van der Waals surface area contributed by atoms with E-state index in [2.05, 4.69) is 15.5 Å². The van der Waals surface area contributed by atoms with Gasteiger partial charge in [-0.05, 0) is 30.5 Å². The van der Waals surface area contributed by atoms with Crippen molar-refractivity contribution >= 4 is 23.6 Å². The molecule has 3 rings (SSSR count). The van der Waals surface area contributed by atoms with E-state index in [1.165, 1.54) is 0 Å². The van der Waals surface area contributed by atoms with E-state index >= 15 is 0 Å². The molecule has 144 valence electrons. The first-order valence-electron chi connectivity index (χ1n) is 8.79. The molecule has 1 N–H and O–H groups in total. The predicted molar refractivity (Wildman–Crippen MR) is 102 cm³/mol. The molecule has 1 aliphatic heterocycles. The Bertz CT molecular complexity index is 751. The maximum absolute atomic E-state index is 12.9. The van der Waals surface area contributed by atoms with Crippen LogP contribution < -0.4 is 5.32 Å². The number of hydrogen-bond acceptors (Lipinski definition) is 6. The van der Waals surface area contributed by atoms with E-state index < -0.39 is 0 Å². The van der Waals surface area contributed by atoms with Crippen molar-refractivity contribution in [2.45, 2.75) is 23.9 Å². The van der Waals surface area contributed by atoms with Gasteiger partial charge in [0.05, 0.1) is 19.3 Å². The molecule has 9 heteroatoms. The average molecular weight is 389 g/mol. The van der Waals surface area contributed by atoms with Crippen LogP contribution in [0.15, 0.2) is 41.8 Å². The van der Waals surface area contributed by atoms with Gasteiger partial charge in [0.25, 0.3) is 5.91 Å². The van der Waals surface area contributed by atoms with Gasteiger partial charge in [-0.3, -0.25) is 9.59 Å². The standard InChI is InChI=1S/C18H23N5O3S/c1-27-16-4-2-14(3-5-16)18(25)23-8-9-26-11-15(23)10-17(24)19-6-7-22-12-20-21-13-22/h2-5,12-13,15H,6-11H2,1H3,(H,19,24). The van der Waals surface area contributed by atoms with Gasteiger partial charge >= 0.3 is 0 Å². The van der Waals surface area contributed by atoms with Gasteiger partial charge in [-0.15, -0.1) is 22.0 Å². The lowest BCUT2D eigenvalue weighted by Gasteiger charge is -2.35. The third kappa shape index (κ3) is 5.30. The predicted octanol–water partition coefficient (Wildman–Crippen LogP) is 1.05. The summed E-state index contributed by atoms with van der Waals surface area (Å²) >= 11 is 1.63. The molecule has 0 bridgehead atoms. The van der Waals surface area contributed by atoms with E-state index in [9.17, 15) is 9.59 Å². The van der Waals surface area contributed by atoms with Crippen LogP contribution in [-0.4, -0.2) is 70.1 Å². The van der Waals surface area contributed by atoms with Crippen LogP contribution in [-0.2, 0) is 16.1 Å². The Kier molecular flexibility index (Phi) is 6.83. The zero-order valence-corrected chi connectivity index (χ0v) is 16.0. The molecule has 2 aromatic rings. The maximum atomic E-state index is 12.9. The van der Waals surface area contributed by atoms with Crippen molar-refractivity contribution in [2.75, 3.05) is 32.6 Å². The average Bonchev–Trinajstić information content (AvgIpc) is 3.21. The second kappa shape index (κ2) is 9.52. The van der Waals surface area contributed by atoms with E-state index in [4.69, 9.17) is 4.74 Å². The molecular weight excluding hydrogens is 366 g/mol. The number of thioether (sulfide) groups is 1. The molecule has 0 aliphatic carbocycles. The number of morpholine rings is 1. The molecule has 0 saturated carbocycles. The SMILES string of the molecule is CSc1ccc(C(=O)N2CCOCC2CC(=O)NCCn2cnnc2)cc1. The lowest BCUT2D eigenvalue weighted by molar-refractivity contribution is -0.123. The van der Waals surface area contributed by atoms with Crippen LogP contribution in [0.1, 0.15) is 16.8 Å². The largest absolute Gasteiger partial charge is 0.377 e. The summed E-state index contributed by atoms with van der Waals surface area (Å²) in [6, 6.07) is 7.27. The fourth-order valence-corrected chi connectivity index (χ4v) is 3.35. The van der Waals surface area contributed by atoms with Crippen LogP contribution in [0, 0.1) is 0 Å². The Morgan fingerprint density at radius 2 is 2.00 bits per heavy atom. The molecule has 1 saturated heterocycles. The molecule has 1 aromatic heterocycles. The number of nitrogens with zero attached hydrogens (tertiary/aromatic N) is 4. The van der Waals surface area contributed by atoms with Crippen molar-refractivity contribution in [3.05, 3.63) is 42.5 Å². The minimum atomic E-state index is -0.263. The number of carbonyl (C=O) groups is 2. The van der Waals surface area contributed by atoms with Gasteiger partial charge in [0, 0.05) is 36.5 Å². The zero-order chi connectivity index (χ0) is 19.1. The van der Waals surface area contributed by atoms with E-state index in [-0.39, 0.29) is 24.3 Å². The molecule has 8 nitrogen and oxygen atoms in total. The van der Waals surface area contributed by atoms with Gasteiger partial charge in [0.2, 0.25) is 5.91 Å². The summed E-state index contributed by atoms with van der Waals surface area (Å²) < 4.78 is 7.29. The van der Waals surface area contributed by atoms with Gasteiger partial charge in [0.1, 0.15) is 12.7 Å². The number of carbonyl (C=O) groups excluding carboxylic acids is 2. The minimum Gasteiger partial charge on any atom is -0.377 e. The van der Waals surface area contributed by atoms with Crippen molar-refractivity contribution in [2.24, 2.45) is 0 Å². The fraction of sp³-hybridized carbons (Fsp3) is 0.444. The van der Waals surface area contributed by atoms with Crippen molar-refractivity contribution in [1.29, 1.82) is 0 Å². The Balaban J connectivity index is 1.55. The highest BCUT2D eigenvalue weighted by atomic mass is 32.2. The Morgan fingerprint density at radius 1 is 1.26 bits per heavy atom. The van der Waals surface area contributed by atoms with Crippen molar-refractivity contribution in [3.63, 3.8) is 0 Å². The molecule has 27 heavy (non-hydrogen) atoms. The number of ether oxygens (including phenoxy) is 1. The highest BCUT2D eigenvalue weighted by Gasteiger charge is 2.29. The molecule has 1 aliphatic rings. The monoisotopic (exact) mass is 389 g/mol. The zero-order valence-electron chi connectivity index (χ0n) is 15.2. The minimum absolute atomic E-state index is 0.0618. The second-order valence-corrected chi connectivity index (χ2v) is 7.09. The number of rotatable bonds is 7. The number of aromatic nitrogens is 3. The quantitative estimate of drug-likeness (QED) is 0.712. The molecule has 0 spiro atoms. The van der Waals surface area contributed by atoms with Crippen LogP contribution in [0.3, 0.4) is 0 Å². The van der Waals surface area contributed by atoms with Gasteiger partial charge in [-0.1, -0.05) is 0 Å². The number of hydrogen-bond donors (Lipinski definition) is 1. The van der Waals surface area contributed by atoms with Crippen LogP contribution >= 0.6 is 11.8 Å².